The Morgan fingerprint density at radius 2 is 1.62 bits per heavy atom. The summed E-state index contributed by atoms with van der Waals surface area (Å²) < 4.78 is 56.6. The Bertz CT molecular complexity index is 1660. The normalized spacial score (nSPS) is 19.3. The van der Waals surface area contributed by atoms with Crippen molar-refractivity contribution in [3.05, 3.63) is 92.9 Å². The Morgan fingerprint density at radius 3 is 2.26 bits per heavy atom. The summed E-state index contributed by atoms with van der Waals surface area (Å²) >= 11 is 18.6. The molecule has 12 heteroatoms. The van der Waals surface area contributed by atoms with Crippen LogP contribution in [0.2, 0.25) is 15.1 Å². The van der Waals surface area contributed by atoms with E-state index in [9.17, 15) is 16.8 Å². The topological polar surface area (TPSA) is 86.8 Å². The van der Waals surface area contributed by atoms with Gasteiger partial charge in [0.1, 0.15) is 0 Å². The van der Waals surface area contributed by atoms with Crippen LogP contribution in [0.15, 0.2) is 71.6 Å². The molecule has 2 aliphatic heterocycles. The first-order valence-corrected chi connectivity index (χ1v) is 18.2. The Labute approximate surface area is 263 Å². The van der Waals surface area contributed by atoms with E-state index in [1.807, 2.05) is 24.3 Å². The van der Waals surface area contributed by atoms with E-state index in [0.717, 1.165) is 42.7 Å². The monoisotopic (exact) mass is 669 g/mol. The number of sulfonamides is 2. The number of halogens is 3. The fraction of sp³-hybridized carbons (Fsp3) is 0.400. The highest BCUT2D eigenvalue weighted by Gasteiger charge is 2.53. The molecule has 1 unspecified atom stereocenters. The van der Waals surface area contributed by atoms with Crippen molar-refractivity contribution in [2.45, 2.75) is 48.0 Å². The number of nitrogens with one attached hydrogen (secondary N) is 1. The summed E-state index contributed by atoms with van der Waals surface area (Å²) in [5, 5.41) is 4.66. The van der Waals surface area contributed by atoms with Crippen molar-refractivity contribution in [1.82, 2.24) is 9.62 Å². The van der Waals surface area contributed by atoms with Crippen LogP contribution in [0, 0.1) is 0 Å². The highest BCUT2D eigenvalue weighted by molar-refractivity contribution is 7.92. The molecule has 7 nitrogen and oxygen atoms in total. The van der Waals surface area contributed by atoms with E-state index in [-0.39, 0.29) is 28.8 Å². The number of benzene rings is 3. The van der Waals surface area contributed by atoms with Crippen molar-refractivity contribution in [3.63, 3.8) is 0 Å². The highest BCUT2D eigenvalue weighted by Crippen LogP contribution is 2.53. The number of anilines is 1. The van der Waals surface area contributed by atoms with E-state index < -0.39 is 20.0 Å². The van der Waals surface area contributed by atoms with Gasteiger partial charge in [-0.3, -0.25) is 4.31 Å². The van der Waals surface area contributed by atoms with Crippen LogP contribution in [0.1, 0.15) is 42.7 Å². The lowest BCUT2D eigenvalue weighted by Crippen LogP contribution is -2.52. The maximum Gasteiger partial charge on any atom is 0.242 e. The molecule has 2 aliphatic rings. The van der Waals surface area contributed by atoms with Crippen LogP contribution in [-0.4, -0.2) is 60.1 Å². The van der Waals surface area contributed by atoms with Crippen LogP contribution in [0.25, 0.3) is 0 Å². The number of piperidine rings is 1. The number of nitrogens with zero attached hydrogens (tertiary/aromatic N) is 2. The van der Waals surface area contributed by atoms with Gasteiger partial charge in [0.05, 0.1) is 32.9 Å². The SMILES string of the molecule is CN(C[C@@H](CCC1N(S(C)(=O)=O)c2ccccc2C12CCNCC2)c1ccc(Cl)c(Cl)c1)S(=O)(=O)c1ccc(Cl)cc1. The van der Waals surface area contributed by atoms with Crippen LogP contribution in [0.4, 0.5) is 5.69 Å². The predicted molar refractivity (Wildman–Crippen MR) is 171 cm³/mol. The lowest BCUT2D eigenvalue weighted by atomic mass is 9.68. The molecule has 5 rings (SSSR count). The molecule has 0 saturated carbocycles. The van der Waals surface area contributed by atoms with Crippen molar-refractivity contribution in [2.24, 2.45) is 0 Å². The molecule has 0 aromatic heterocycles. The zero-order valence-electron chi connectivity index (χ0n) is 23.4. The first kappa shape index (κ1) is 31.6. The molecule has 0 amide bonds. The molecule has 1 fully saturated rings. The Kier molecular flexibility index (Phi) is 9.22. The summed E-state index contributed by atoms with van der Waals surface area (Å²) in [5.74, 6) is -0.282. The van der Waals surface area contributed by atoms with Gasteiger partial charge in [-0.25, -0.2) is 21.1 Å². The van der Waals surface area contributed by atoms with Gasteiger partial charge >= 0.3 is 0 Å². The maximum absolute atomic E-state index is 13.5. The number of fused-ring (bicyclic) bond motifs is 2. The third kappa shape index (κ3) is 6.07. The minimum Gasteiger partial charge on any atom is -0.317 e. The van der Waals surface area contributed by atoms with E-state index in [1.54, 1.807) is 35.6 Å². The Hall–Kier alpha value is -1.85. The molecule has 1 spiro atoms. The quantitative estimate of drug-likeness (QED) is 0.289. The molecule has 42 heavy (non-hydrogen) atoms. The lowest BCUT2D eigenvalue weighted by Gasteiger charge is -2.42. The largest absolute Gasteiger partial charge is 0.317 e. The average molecular weight is 671 g/mol. The van der Waals surface area contributed by atoms with Gasteiger partial charge in [-0.05, 0) is 98.3 Å². The fourth-order valence-corrected chi connectivity index (χ4v) is 9.56. The molecule has 2 heterocycles. The van der Waals surface area contributed by atoms with E-state index in [0.29, 0.717) is 27.9 Å². The molecule has 0 aliphatic carbocycles. The molecule has 3 aromatic rings. The molecule has 3 aromatic carbocycles. The number of para-hydroxylation sites is 1. The Balaban J connectivity index is 1.50. The van der Waals surface area contributed by atoms with E-state index in [4.69, 9.17) is 34.8 Å². The van der Waals surface area contributed by atoms with Gasteiger partial charge in [-0.1, -0.05) is 59.1 Å². The summed E-state index contributed by atoms with van der Waals surface area (Å²) in [7, 11) is -5.86. The van der Waals surface area contributed by atoms with Crippen LogP contribution in [0.3, 0.4) is 0 Å². The smallest absolute Gasteiger partial charge is 0.242 e. The highest BCUT2D eigenvalue weighted by atomic mass is 35.5. The summed E-state index contributed by atoms with van der Waals surface area (Å²) in [6.45, 7) is 1.75. The van der Waals surface area contributed by atoms with Crippen molar-refractivity contribution in [1.29, 1.82) is 0 Å². The zero-order chi connectivity index (χ0) is 30.3. The fourth-order valence-electron chi connectivity index (χ4n) is 6.62. The van der Waals surface area contributed by atoms with Gasteiger partial charge in [0.15, 0.2) is 0 Å². The third-order valence-corrected chi connectivity index (χ3v) is 12.6. The van der Waals surface area contributed by atoms with Crippen LogP contribution >= 0.6 is 34.8 Å². The summed E-state index contributed by atoms with van der Waals surface area (Å²) in [6, 6.07) is 18.9. The van der Waals surface area contributed by atoms with Crippen LogP contribution in [-0.2, 0) is 25.5 Å². The second kappa shape index (κ2) is 12.3. The van der Waals surface area contributed by atoms with Crippen LogP contribution in [0.5, 0.6) is 0 Å². The van der Waals surface area contributed by atoms with Gasteiger partial charge < -0.3 is 5.32 Å². The zero-order valence-corrected chi connectivity index (χ0v) is 27.3. The van der Waals surface area contributed by atoms with Gasteiger partial charge in [0, 0.05) is 24.0 Å². The first-order chi connectivity index (χ1) is 19.8. The summed E-state index contributed by atoms with van der Waals surface area (Å²) in [5.41, 5.74) is 2.30. The third-order valence-electron chi connectivity index (χ3n) is 8.65. The molecule has 1 saturated heterocycles. The standard InChI is InChI=1S/C30H34Cl3N3O4S2/c1-35(42(39,40)24-11-9-23(31)10-12-24)20-22(21-7-13-26(32)27(33)19-21)8-14-29-30(15-17-34-18-16-30)25-5-3-4-6-28(25)36(29)41(2,37)38/h3-7,9-13,19,22,29,34H,8,14-18,20H2,1-2H3/t22-,29?/m1/s1. The second-order valence-corrected chi connectivity index (χ2v) is 16.3. The van der Waals surface area contributed by atoms with Crippen LogP contribution < -0.4 is 9.62 Å². The average Bonchev–Trinajstić information content (AvgIpc) is 3.22. The second-order valence-electron chi connectivity index (χ2n) is 11.2. The lowest BCUT2D eigenvalue weighted by molar-refractivity contribution is 0.257. The van der Waals surface area contributed by atoms with E-state index in [1.165, 1.54) is 22.7 Å². The van der Waals surface area contributed by atoms with Crippen molar-refractivity contribution in [3.8, 4) is 0 Å². The molecule has 0 radical (unpaired) electrons. The van der Waals surface area contributed by atoms with Gasteiger partial charge in [-0.2, -0.15) is 0 Å². The number of rotatable bonds is 9. The molecule has 0 bridgehead atoms. The van der Waals surface area contributed by atoms with Crippen molar-refractivity contribution >= 4 is 60.5 Å². The Morgan fingerprint density at radius 1 is 0.952 bits per heavy atom. The molecule has 226 valence electrons. The minimum absolute atomic E-state index is 0.144. The van der Waals surface area contributed by atoms with E-state index >= 15 is 0 Å². The summed E-state index contributed by atoms with van der Waals surface area (Å²) in [6.07, 6.45) is 3.94. The van der Waals surface area contributed by atoms with Crippen molar-refractivity contribution in [2.75, 3.05) is 37.2 Å². The van der Waals surface area contributed by atoms with Gasteiger partial charge in [-0.15, -0.1) is 0 Å². The molecule has 1 N–H and O–H groups in total. The number of hydrogen-bond acceptors (Lipinski definition) is 5. The molecular formula is C30H34Cl3N3O4S2. The number of likely N-dealkylation sites (N-methyl/N-ethyl adjacent to an activating group) is 1. The summed E-state index contributed by atoms with van der Waals surface area (Å²) in [4.78, 5) is 0.144. The molecule has 2 atom stereocenters. The maximum atomic E-state index is 13.5. The van der Waals surface area contributed by atoms with Gasteiger partial charge in [0.25, 0.3) is 0 Å². The van der Waals surface area contributed by atoms with Gasteiger partial charge in [0.2, 0.25) is 20.0 Å². The predicted octanol–water partition coefficient (Wildman–Crippen LogP) is 6.30. The number of hydrogen-bond donors (Lipinski definition) is 1. The van der Waals surface area contributed by atoms with E-state index in [2.05, 4.69) is 11.4 Å². The van der Waals surface area contributed by atoms with Crippen molar-refractivity contribution < 1.29 is 16.8 Å². The first-order valence-electron chi connectivity index (χ1n) is 13.8. The minimum atomic E-state index is -3.82. The molecular weight excluding hydrogens is 637 g/mol.